The van der Waals surface area contributed by atoms with E-state index in [9.17, 15) is 4.79 Å². The molecule has 1 aromatic heterocycles. The summed E-state index contributed by atoms with van der Waals surface area (Å²) in [6, 6.07) is 7.17. The van der Waals surface area contributed by atoms with Gasteiger partial charge in [0.25, 0.3) is 0 Å². The third-order valence-electron chi connectivity index (χ3n) is 1.93. The summed E-state index contributed by atoms with van der Waals surface area (Å²) in [5.41, 5.74) is 1.45. The quantitative estimate of drug-likeness (QED) is 0.766. The van der Waals surface area contributed by atoms with Crippen LogP contribution in [0.15, 0.2) is 35.3 Å². The number of hydrogen-bond acceptors (Lipinski definition) is 1. The van der Waals surface area contributed by atoms with Crippen molar-refractivity contribution in [2.24, 2.45) is 0 Å². The molecule has 0 saturated heterocycles. The van der Waals surface area contributed by atoms with Gasteiger partial charge < -0.3 is 4.98 Å². The van der Waals surface area contributed by atoms with Gasteiger partial charge in [-0.3, -0.25) is 4.57 Å². The highest BCUT2D eigenvalue weighted by atomic mass is 35.5. The van der Waals surface area contributed by atoms with Gasteiger partial charge in [-0.05, 0) is 25.1 Å². The first-order chi connectivity index (χ1) is 6.66. The Labute approximate surface area is 86.0 Å². The van der Waals surface area contributed by atoms with Crippen molar-refractivity contribution in [2.75, 3.05) is 0 Å². The van der Waals surface area contributed by atoms with E-state index in [1.165, 1.54) is 4.57 Å². The Kier molecular flexibility index (Phi) is 2.17. The summed E-state index contributed by atoms with van der Waals surface area (Å²) in [5, 5.41) is 0.619. The van der Waals surface area contributed by atoms with E-state index in [-0.39, 0.29) is 5.69 Å². The first-order valence-electron chi connectivity index (χ1n) is 4.21. The van der Waals surface area contributed by atoms with Gasteiger partial charge >= 0.3 is 5.69 Å². The highest BCUT2D eigenvalue weighted by Crippen LogP contribution is 2.13. The van der Waals surface area contributed by atoms with Gasteiger partial charge in [0.1, 0.15) is 0 Å². The van der Waals surface area contributed by atoms with Crippen molar-refractivity contribution in [3.63, 3.8) is 0 Å². The van der Waals surface area contributed by atoms with Crippen LogP contribution in [0, 0.1) is 6.92 Å². The standard InChI is InChI=1S/C10H9ClN2O/c1-7-6-13(10(14)12-7)9-4-2-3-8(11)5-9/h2-6H,1H3,(H,12,14). The predicted molar refractivity (Wildman–Crippen MR) is 56.1 cm³/mol. The normalized spacial score (nSPS) is 10.4. The molecule has 0 amide bonds. The molecular weight excluding hydrogens is 200 g/mol. The van der Waals surface area contributed by atoms with Crippen molar-refractivity contribution >= 4 is 11.6 Å². The van der Waals surface area contributed by atoms with Crippen molar-refractivity contribution in [1.82, 2.24) is 9.55 Å². The third-order valence-corrected chi connectivity index (χ3v) is 2.17. The molecule has 0 radical (unpaired) electrons. The minimum atomic E-state index is -0.148. The van der Waals surface area contributed by atoms with Crippen LogP contribution in [0.2, 0.25) is 5.02 Å². The number of nitrogens with one attached hydrogen (secondary N) is 1. The van der Waals surface area contributed by atoms with Gasteiger partial charge in [0, 0.05) is 16.9 Å². The van der Waals surface area contributed by atoms with Crippen LogP contribution in [-0.4, -0.2) is 9.55 Å². The number of aromatic amines is 1. The molecule has 0 unspecified atom stereocenters. The fraction of sp³-hybridized carbons (Fsp3) is 0.100. The molecule has 14 heavy (non-hydrogen) atoms. The highest BCUT2D eigenvalue weighted by molar-refractivity contribution is 6.30. The lowest BCUT2D eigenvalue weighted by Crippen LogP contribution is -2.13. The van der Waals surface area contributed by atoms with Crippen LogP contribution in [0.5, 0.6) is 0 Å². The molecule has 0 aliphatic rings. The van der Waals surface area contributed by atoms with Gasteiger partial charge in [-0.1, -0.05) is 17.7 Å². The van der Waals surface area contributed by atoms with Crippen molar-refractivity contribution in [2.45, 2.75) is 6.92 Å². The lowest BCUT2D eigenvalue weighted by Gasteiger charge is -2.00. The molecule has 0 bridgehead atoms. The minimum Gasteiger partial charge on any atom is -0.310 e. The second-order valence-corrected chi connectivity index (χ2v) is 3.53. The third kappa shape index (κ3) is 1.59. The maximum absolute atomic E-state index is 11.4. The van der Waals surface area contributed by atoms with Gasteiger partial charge in [0.2, 0.25) is 0 Å². The van der Waals surface area contributed by atoms with E-state index in [4.69, 9.17) is 11.6 Å². The van der Waals surface area contributed by atoms with Crippen LogP contribution in [-0.2, 0) is 0 Å². The van der Waals surface area contributed by atoms with E-state index in [0.29, 0.717) is 5.02 Å². The number of aryl methyl sites for hydroxylation is 1. The maximum Gasteiger partial charge on any atom is 0.330 e. The van der Waals surface area contributed by atoms with Crippen molar-refractivity contribution in [3.05, 3.63) is 51.7 Å². The second kappa shape index (κ2) is 3.35. The molecule has 0 saturated carbocycles. The summed E-state index contributed by atoms with van der Waals surface area (Å²) in [6.45, 7) is 1.84. The maximum atomic E-state index is 11.4. The van der Waals surface area contributed by atoms with Gasteiger partial charge in [0.15, 0.2) is 0 Å². The van der Waals surface area contributed by atoms with Gasteiger partial charge in [-0.2, -0.15) is 0 Å². The number of nitrogens with zero attached hydrogens (tertiary/aromatic N) is 1. The van der Waals surface area contributed by atoms with Crippen LogP contribution in [0.1, 0.15) is 5.69 Å². The Morgan fingerprint density at radius 3 is 2.79 bits per heavy atom. The van der Waals surface area contributed by atoms with E-state index >= 15 is 0 Å². The smallest absolute Gasteiger partial charge is 0.310 e. The highest BCUT2D eigenvalue weighted by Gasteiger charge is 2.01. The number of imidazole rings is 1. The largest absolute Gasteiger partial charge is 0.330 e. The lowest BCUT2D eigenvalue weighted by molar-refractivity contribution is 0.987. The van der Waals surface area contributed by atoms with Gasteiger partial charge in [0.05, 0.1) is 5.69 Å². The average Bonchev–Trinajstić information content (AvgIpc) is 2.45. The van der Waals surface area contributed by atoms with Crippen molar-refractivity contribution < 1.29 is 0 Å². The molecule has 0 aliphatic carbocycles. The van der Waals surface area contributed by atoms with E-state index in [1.54, 1.807) is 18.3 Å². The number of hydrogen-bond donors (Lipinski definition) is 1. The summed E-state index contributed by atoms with van der Waals surface area (Å²) < 4.78 is 1.53. The average molecular weight is 209 g/mol. The minimum absolute atomic E-state index is 0.148. The summed E-state index contributed by atoms with van der Waals surface area (Å²) >= 11 is 5.83. The van der Waals surface area contributed by atoms with Gasteiger partial charge in [-0.25, -0.2) is 4.79 Å². The van der Waals surface area contributed by atoms with Crippen LogP contribution in [0.25, 0.3) is 5.69 Å². The summed E-state index contributed by atoms with van der Waals surface area (Å²) in [5.74, 6) is 0. The number of rotatable bonds is 1. The number of H-pyrrole nitrogens is 1. The molecule has 1 heterocycles. The van der Waals surface area contributed by atoms with Gasteiger partial charge in [-0.15, -0.1) is 0 Å². The molecule has 2 rings (SSSR count). The molecule has 0 aliphatic heterocycles. The molecule has 2 aromatic rings. The monoisotopic (exact) mass is 208 g/mol. The predicted octanol–water partition coefficient (Wildman–Crippen LogP) is 2.13. The van der Waals surface area contributed by atoms with E-state index in [1.807, 2.05) is 19.1 Å². The molecule has 0 spiro atoms. The molecule has 0 fully saturated rings. The molecule has 3 nitrogen and oxygen atoms in total. The van der Waals surface area contributed by atoms with Crippen LogP contribution >= 0.6 is 11.6 Å². The molecule has 4 heteroatoms. The number of aromatic nitrogens is 2. The van der Waals surface area contributed by atoms with E-state index < -0.39 is 0 Å². The molecule has 72 valence electrons. The zero-order chi connectivity index (χ0) is 10.1. The lowest BCUT2D eigenvalue weighted by atomic mass is 10.3. The zero-order valence-corrected chi connectivity index (χ0v) is 8.38. The van der Waals surface area contributed by atoms with Crippen molar-refractivity contribution in [3.8, 4) is 5.69 Å². The Hall–Kier alpha value is -1.48. The fourth-order valence-corrected chi connectivity index (χ4v) is 1.52. The molecule has 1 aromatic carbocycles. The first-order valence-corrected chi connectivity index (χ1v) is 4.59. The Bertz CT molecular complexity index is 513. The van der Waals surface area contributed by atoms with E-state index in [2.05, 4.69) is 4.98 Å². The molecular formula is C10H9ClN2O. The molecule has 1 N–H and O–H groups in total. The summed E-state index contributed by atoms with van der Waals surface area (Å²) in [7, 11) is 0. The zero-order valence-electron chi connectivity index (χ0n) is 7.62. The fourth-order valence-electron chi connectivity index (χ4n) is 1.33. The number of halogens is 1. The van der Waals surface area contributed by atoms with Crippen LogP contribution in [0.3, 0.4) is 0 Å². The number of benzene rings is 1. The SMILES string of the molecule is Cc1cn(-c2cccc(Cl)c2)c(=O)[nH]1. The Balaban J connectivity index is 2.60. The second-order valence-electron chi connectivity index (χ2n) is 3.09. The van der Waals surface area contributed by atoms with Crippen LogP contribution in [0.4, 0.5) is 0 Å². The topological polar surface area (TPSA) is 37.8 Å². The summed E-state index contributed by atoms with van der Waals surface area (Å²) in [6.07, 6.45) is 1.74. The van der Waals surface area contributed by atoms with Crippen molar-refractivity contribution in [1.29, 1.82) is 0 Å². The Morgan fingerprint density at radius 1 is 1.43 bits per heavy atom. The van der Waals surface area contributed by atoms with Crippen LogP contribution < -0.4 is 5.69 Å². The Morgan fingerprint density at radius 2 is 2.21 bits per heavy atom. The summed E-state index contributed by atoms with van der Waals surface area (Å²) in [4.78, 5) is 14.1. The molecule has 0 atom stereocenters. The first kappa shape index (κ1) is 9.09. The van der Waals surface area contributed by atoms with E-state index in [0.717, 1.165) is 11.4 Å².